The van der Waals surface area contributed by atoms with Gasteiger partial charge < -0.3 is 19.2 Å². The Bertz CT molecular complexity index is 1120. The summed E-state index contributed by atoms with van der Waals surface area (Å²) >= 11 is 0. The number of alkyl carbamates (subject to hydrolysis) is 1. The summed E-state index contributed by atoms with van der Waals surface area (Å²) in [4.78, 5) is 39.3. The van der Waals surface area contributed by atoms with Gasteiger partial charge in [0.05, 0.1) is 0 Å². The average molecular weight is 434 g/mol. The standard InChI is InChI=1S/C24H22N2O6/c1-15-21(26-22(31-15)17-7-3-2-4-8-17)20(27)14-30-18-12-10-16(11-13-18)6-5-9-19-23(28)32-24(29)25-19/h2-4,7-8,10-13,19H,5-6,9,14H2,1H3,(H,25,29). The van der Waals surface area contributed by atoms with Gasteiger partial charge in [-0.2, -0.15) is 0 Å². The summed E-state index contributed by atoms with van der Waals surface area (Å²) in [5.41, 5.74) is 2.12. The Hall–Kier alpha value is -3.94. The minimum absolute atomic E-state index is 0.148. The van der Waals surface area contributed by atoms with Crippen LogP contribution in [0.4, 0.5) is 4.79 Å². The van der Waals surface area contributed by atoms with Gasteiger partial charge in [0.25, 0.3) is 0 Å². The predicted molar refractivity (Wildman–Crippen MR) is 114 cm³/mol. The second kappa shape index (κ2) is 9.47. The SMILES string of the molecule is Cc1oc(-c2ccccc2)nc1C(=O)COc1ccc(CCCC2NC(=O)OC2=O)cc1. The zero-order valence-electron chi connectivity index (χ0n) is 17.5. The first-order chi connectivity index (χ1) is 15.5. The number of benzene rings is 2. The first-order valence-electron chi connectivity index (χ1n) is 10.3. The number of rotatable bonds is 9. The van der Waals surface area contributed by atoms with E-state index in [0.717, 1.165) is 17.5 Å². The molecule has 8 nitrogen and oxygen atoms in total. The maximum atomic E-state index is 12.6. The fourth-order valence-corrected chi connectivity index (χ4v) is 3.42. The van der Waals surface area contributed by atoms with E-state index >= 15 is 0 Å². The van der Waals surface area contributed by atoms with Crippen LogP contribution in [0.15, 0.2) is 59.0 Å². The highest BCUT2D eigenvalue weighted by atomic mass is 16.6. The summed E-state index contributed by atoms with van der Waals surface area (Å²) in [6.45, 7) is 1.56. The molecule has 0 spiro atoms. The molecule has 1 atom stereocenters. The summed E-state index contributed by atoms with van der Waals surface area (Å²) < 4.78 is 15.7. The molecule has 1 N–H and O–H groups in total. The van der Waals surface area contributed by atoms with Crippen molar-refractivity contribution in [1.82, 2.24) is 10.3 Å². The number of ether oxygens (including phenoxy) is 2. The Kier molecular flexibility index (Phi) is 6.30. The maximum Gasteiger partial charge on any atom is 0.415 e. The monoisotopic (exact) mass is 434 g/mol. The van der Waals surface area contributed by atoms with Crippen LogP contribution < -0.4 is 10.1 Å². The quantitative estimate of drug-likeness (QED) is 0.309. The summed E-state index contributed by atoms with van der Waals surface area (Å²) in [5, 5.41) is 2.48. The van der Waals surface area contributed by atoms with Crippen molar-refractivity contribution in [2.24, 2.45) is 0 Å². The molecule has 4 rings (SSSR count). The number of carbonyl (C=O) groups is 3. The zero-order valence-corrected chi connectivity index (χ0v) is 17.5. The Morgan fingerprint density at radius 2 is 1.84 bits per heavy atom. The van der Waals surface area contributed by atoms with E-state index in [1.54, 1.807) is 19.1 Å². The van der Waals surface area contributed by atoms with E-state index in [1.807, 2.05) is 42.5 Å². The topological polar surface area (TPSA) is 108 Å². The van der Waals surface area contributed by atoms with Crippen LogP contribution in [-0.2, 0) is 16.0 Å². The summed E-state index contributed by atoms with van der Waals surface area (Å²) in [6.07, 6.45) is 1.28. The third-order valence-electron chi connectivity index (χ3n) is 5.10. The number of carbonyl (C=O) groups excluding carboxylic acids is 3. The van der Waals surface area contributed by atoms with Crippen LogP contribution in [0.3, 0.4) is 0 Å². The van der Waals surface area contributed by atoms with Gasteiger partial charge in [-0.3, -0.25) is 4.79 Å². The predicted octanol–water partition coefficient (Wildman–Crippen LogP) is 3.87. The number of hydrogen-bond donors (Lipinski definition) is 1. The highest BCUT2D eigenvalue weighted by Gasteiger charge is 2.31. The first kappa shape index (κ1) is 21.3. The average Bonchev–Trinajstić information content (AvgIpc) is 3.34. The van der Waals surface area contributed by atoms with Gasteiger partial charge in [0, 0.05) is 5.56 Å². The second-order valence-electron chi connectivity index (χ2n) is 7.44. The highest BCUT2D eigenvalue weighted by molar-refractivity contribution is 5.96. The molecule has 1 aliphatic rings. The Balaban J connectivity index is 1.27. The minimum atomic E-state index is -0.687. The number of aryl methyl sites for hydroxylation is 2. The van der Waals surface area contributed by atoms with Crippen molar-refractivity contribution >= 4 is 17.8 Å². The number of hydrogen-bond acceptors (Lipinski definition) is 7. The molecule has 2 heterocycles. The van der Waals surface area contributed by atoms with E-state index < -0.39 is 18.1 Å². The number of esters is 1. The van der Waals surface area contributed by atoms with Crippen LogP contribution in [0.5, 0.6) is 5.75 Å². The molecule has 0 radical (unpaired) electrons. The first-order valence-corrected chi connectivity index (χ1v) is 10.3. The van der Waals surface area contributed by atoms with Crippen molar-refractivity contribution in [2.45, 2.75) is 32.2 Å². The highest BCUT2D eigenvalue weighted by Crippen LogP contribution is 2.22. The number of aromatic nitrogens is 1. The molecule has 1 aliphatic heterocycles. The third kappa shape index (κ3) is 5.03. The molecule has 2 aromatic carbocycles. The van der Waals surface area contributed by atoms with Gasteiger partial charge in [-0.15, -0.1) is 0 Å². The Labute approximate surface area is 184 Å². The van der Waals surface area contributed by atoms with Crippen molar-refractivity contribution in [2.75, 3.05) is 6.61 Å². The van der Waals surface area contributed by atoms with Crippen LogP contribution in [-0.4, -0.2) is 35.5 Å². The summed E-state index contributed by atoms with van der Waals surface area (Å²) in [7, 11) is 0. The molecule has 0 saturated carbocycles. The number of cyclic esters (lactones) is 2. The van der Waals surface area contributed by atoms with Crippen LogP contribution >= 0.6 is 0 Å². The minimum Gasteiger partial charge on any atom is -0.485 e. The van der Waals surface area contributed by atoms with Crippen molar-refractivity contribution < 1.29 is 28.3 Å². The van der Waals surface area contributed by atoms with E-state index in [4.69, 9.17) is 9.15 Å². The van der Waals surface area contributed by atoms with Crippen LogP contribution in [0.2, 0.25) is 0 Å². The van der Waals surface area contributed by atoms with Gasteiger partial charge in [-0.25, -0.2) is 14.6 Å². The maximum absolute atomic E-state index is 12.6. The largest absolute Gasteiger partial charge is 0.485 e. The number of ketones is 1. The van der Waals surface area contributed by atoms with Gasteiger partial charge in [-0.1, -0.05) is 30.3 Å². The van der Waals surface area contributed by atoms with Gasteiger partial charge in [-0.05, 0) is 56.0 Å². The molecule has 1 fully saturated rings. The van der Waals surface area contributed by atoms with Gasteiger partial charge in [0.1, 0.15) is 17.6 Å². The van der Waals surface area contributed by atoms with Crippen molar-refractivity contribution in [3.8, 4) is 17.2 Å². The Morgan fingerprint density at radius 3 is 2.53 bits per heavy atom. The van der Waals surface area contributed by atoms with Crippen LogP contribution in [0.25, 0.3) is 11.5 Å². The number of amides is 1. The van der Waals surface area contributed by atoms with E-state index in [9.17, 15) is 14.4 Å². The van der Waals surface area contributed by atoms with Gasteiger partial charge in [0.15, 0.2) is 12.3 Å². The molecule has 0 bridgehead atoms. The van der Waals surface area contributed by atoms with Crippen molar-refractivity contribution in [3.63, 3.8) is 0 Å². The van der Waals surface area contributed by atoms with E-state index in [-0.39, 0.29) is 18.1 Å². The van der Waals surface area contributed by atoms with Crippen LogP contribution in [0, 0.1) is 6.92 Å². The lowest BCUT2D eigenvalue weighted by atomic mass is 10.0. The van der Waals surface area contributed by atoms with Crippen molar-refractivity contribution in [1.29, 1.82) is 0 Å². The molecule has 1 aromatic heterocycles. The number of Topliss-reactive ketones (excluding diaryl/α,β-unsaturated/α-hetero) is 1. The molecule has 1 unspecified atom stereocenters. The van der Waals surface area contributed by atoms with Crippen molar-refractivity contribution in [3.05, 3.63) is 71.6 Å². The number of nitrogens with zero attached hydrogens (tertiary/aromatic N) is 1. The summed E-state index contributed by atoms with van der Waals surface area (Å²) in [5.74, 6) is 0.638. The lowest BCUT2D eigenvalue weighted by Gasteiger charge is -2.07. The molecular weight excluding hydrogens is 412 g/mol. The smallest absolute Gasteiger partial charge is 0.415 e. The van der Waals surface area contributed by atoms with E-state index in [2.05, 4.69) is 15.0 Å². The third-order valence-corrected chi connectivity index (χ3v) is 5.10. The fraction of sp³-hybridized carbons (Fsp3) is 0.250. The molecule has 164 valence electrons. The molecule has 0 aliphatic carbocycles. The van der Waals surface area contributed by atoms with Gasteiger partial charge >= 0.3 is 12.1 Å². The number of oxazole rings is 1. The molecule has 1 amide bonds. The molecule has 3 aromatic rings. The second-order valence-corrected chi connectivity index (χ2v) is 7.44. The molecular formula is C24H22N2O6. The fourth-order valence-electron chi connectivity index (χ4n) is 3.42. The Morgan fingerprint density at radius 1 is 1.09 bits per heavy atom. The molecule has 1 saturated heterocycles. The molecule has 32 heavy (non-hydrogen) atoms. The van der Waals surface area contributed by atoms with E-state index in [1.165, 1.54) is 0 Å². The zero-order chi connectivity index (χ0) is 22.5. The number of nitrogens with one attached hydrogen (secondary N) is 1. The lowest BCUT2D eigenvalue weighted by molar-refractivity contribution is -0.135. The van der Waals surface area contributed by atoms with Gasteiger partial charge in [0.2, 0.25) is 11.7 Å². The normalized spacial score (nSPS) is 15.3. The molecule has 8 heteroatoms. The van der Waals surface area contributed by atoms with Crippen LogP contribution in [0.1, 0.15) is 34.7 Å². The lowest BCUT2D eigenvalue weighted by Crippen LogP contribution is -2.28. The van der Waals surface area contributed by atoms with E-state index in [0.29, 0.717) is 30.2 Å². The summed E-state index contributed by atoms with van der Waals surface area (Å²) in [6, 6.07) is 16.2.